The lowest BCUT2D eigenvalue weighted by Gasteiger charge is -2.22. The van der Waals surface area contributed by atoms with Gasteiger partial charge in [-0.1, -0.05) is 13.8 Å². The van der Waals surface area contributed by atoms with E-state index in [0.717, 1.165) is 6.42 Å². The van der Waals surface area contributed by atoms with Crippen LogP contribution in [0.2, 0.25) is 0 Å². The van der Waals surface area contributed by atoms with E-state index >= 15 is 0 Å². The van der Waals surface area contributed by atoms with Crippen LogP contribution in [0.5, 0.6) is 0 Å². The maximum absolute atomic E-state index is 12.0. The van der Waals surface area contributed by atoms with Crippen molar-refractivity contribution in [2.75, 3.05) is 13.3 Å². The number of carbonyl (C=O) groups is 3. The van der Waals surface area contributed by atoms with E-state index in [-0.39, 0.29) is 12.3 Å². The molecular formula is C19H35NO6. The van der Waals surface area contributed by atoms with Gasteiger partial charge in [0, 0.05) is 6.54 Å². The predicted octanol–water partition coefficient (Wildman–Crippen LogP) is 3.65. The van der Waals surface area contributed by atoms with Gasteiger partial charge >= 0.3 is 18.0 Å². The van der Waals surface area contributed by atoms with Crippen molar-refractivity contribution in [3.8, 4) is 0 Å². The van der Waals surface area contributed by atoms with Crippen molar-refractivity contribution in [1.82, 2.24) is 5.32 Å². The highest BCUT2D eigenvalue weighted by Crippen LogP contribution is 2.17. The van der Waals surface area contributed by atoms with Gasteiger partial charge in [0.25, 0.3) is 0 Å². The Morgan fingerprint density at radius 2 is 1.54 bits per heavy atom. The summed E-state index contributed by atoms with van der Waals surface area (Å²) in [6.45, 7) is 14.5. The summed E-state index contributed by atoms with van der Waals surface area (Å²) < 4.78 is 15.1. The molecule has 0 aromatic rings. The first-order valence-corrected chi connectivity index (χ1v) is 9.00. The minimum atomic E-state index is -0.649. The molecule has 0 unspecified atom stereocenters. The zero-order valence-electron chi connectivity index (χ0n) is 17.4. The number of nitrogens with one attached hydrogen (secondary N) is 1. The Labute approximate surface area is 157 Å². The number of carbonyl (C=O) groups excluding carboxylic acids is 3. The van der Waals surface area contributed by atoms with Crippen LogP contribution in [0, 0.1) is 17.3 Å². The molecule has 1 N–H and O–H groups in total. The van der Waals surface area contributed by atoms with Crippen molar-refractivity contribution in [3.05, 3.63) is 0 Å². The predicted molar refractivity (Wildman–Crippen MR) is 98.3 cm³/mol. The lowest BCUT2D eigenvalue weighted by atomic mass is 9.94. The number of hydrogen-bond donors (Lipinski definition) is 1. The SMILES string of the molecule is CC(C)C[C@H](CNC(=O)OC(C)(C)C)CC(=O)OCOC(=O)C(C)(C)C. The number of hydrogen-bond acceptors (Lipinski definition) is 6. The van der Waals surface area contributed by atoms with Crippen LogP contribution >= 0.6 is 0 Å². The van der Waals surface area contributed by atoms with Gasteiger partial charge < -0.3 is 19.5 Å². The van der Waals surface area contributed by atoms with Crippen LogP contribution in [0.25, 0.3) is 0 Å². The second kappa shape index (κ2) is 10.4. The Balaban J connectivity index is 4.41. The first-order valence-electron chi connectivity index (χ1n) is 9.00. The molecule has 1 atom stereocenters. The van der Waals surface area contributed by atoms with Crippen LogP contribution in [0.15, 0.2) is 0 Å². The molecule has 0 radical (unpaired) electrons. The Bertz CT molecular complexity index is 473. The van der Waals surface area contributed by atoms with Crippen LogP contribution in [0.3, 0.4) is 0 Å². The lowest BCUT2D eigenvalue weighted by Crippen LogP contribution is -2.36. The monoisotopic (exact) mass is 373 g/mol. The van der Waals surface area contributed by atoms with Gasteiger partial charge in [-0.2, -0.15) is 0 Å². The Morgan fingerprint density at radius 1 is 0.962 bits per heavy atom. The summed E-state index contributed by atoms with van der Waals surface area (Å²) in [4.78, 5) is 35.4. The number of alkyl carbamates (subject to hydrolysis) is 1. The minimum absolute atomic E-state index is 0.0895. The summed E-state index contributed by atoms with van der Waals surface area (Å²) in [6.07, 6.45) is 0.354. The molecule has 26 heavy (non-hydrogen) atoms. The molecule has 0 saturated heterocycles. The van der Waals surface area contributed by atoms with Gasteiger partial charge in [0.2, 0.25) is 6.79 Å². The van der Waals surface area contributed by atoms with E-state index in [1.807, 2.05) is 13.8 Å². The van der Waals surface area contributed by atoms with E-state index in [0.29, 0.717) is 12.5 Å². The molecule has 0 aromatic carbocycles. The first-order chi connectivity index (χ1) is 11.7. The molecule has 0 bridgehead atoms. The molecule has 0 spiro atoms. The zero-order chi connectivity index (χ0) is 20.5. The van der Waals surface area contributed by atoms with E-state index in [2.05, 4.69) is 5.32 Å². The molecule has 0 fully saturated rings. The molecular weight excluding hydrogens is 338 g/mol. The third-order valence-corrected chi connectivity index (χ3v) is 3.22. The van der Waals surface area contributed by atoms with Crippen molar-refractivity contribution >= 4 is 18.0 Å². The Kier molecular flexibility index (Phi) is 9.67. The number of rotatable bonds is 8. The van der Waals surface area contributed by atoms with Gasteiger partial charge in [-0.25, -0.2) is 4.79 Å². The molecule has 0 aliphatic rings. The van der Waals surface area contributed by atoms with Crippen molar-refractivity contribution in [2.24, 2.45) is 17.3 Å². The molecule has 1 amide bonds. The highest BCUT2D eigenvalue weighted by molar-refractivity contribution is 5.75. The number of amides is 1. The summed E-state index contributed by atoms with van der Waals surface area (Å²) in [6, 6.07) is 0. The summed E-state index contributed by atoms with van der Waals surface area (Å²) in [5.41, 5.74) is -1.22. The molecule has 7 heteroatoms. The Hall–Kier alpha value is -1.79. The quantitative estimate of drug-likeness (QED) is 0.516. The van der Waals surface area contributed by atoms with Crippen LogP contribution in [-0.2, 0) is 23.8 Å². The fraction of sp³-hybridized carbons (Fsp3) is 0.842. The van der Waals surface area contributed by atoms with Crippen LogP contribution in [-0.4, -0.2) is 37.0 Å². The average molecular weight is 373 g/mol. The summed E-state index contributed by atoms with van der Waals surface area (Å²) >= 11 is 0. The second-order valence-corrected chi connectivity index (χ2v) is 8.90. The molecule has 0 heterocycles. The van der Waals surface area contributed by atoms with Crippen LogP contribution < -0.4 is 5.32 Å². The van der Waals surface area contributed by atoms with Crippen molar-refractivity contribution in [3.63, 3.8) is 0 Å². The highest BCUT2D eigenvalue weighted by atomic mass is 16.7. The summed E-state index contributed by atoms with van der Waals surface area (Å²) in [5, 5.41) is 2.69. The van der Waals surface area contributed by atoms with Crippen LogP contribution in [0.1, 0.15) is 68.2 Å². The summed E-state index contributed by atoms with van der Waals surface area (Å²) in [7, 11) is 0. The Morgan fingerprint density at radius 3 is 2.00 bits per heavy atom. The van der Waals surface area contributed by atoms with Crippen LogP contribution in [0.4, 0.5) is 4.79 Å². The van der Waals surface area contributed by atoms with Gasteiger partial charge in [0.1, 0.15) is 5.60 Å². The number of esters is 2. The standard InChI is InChI=1S/C19H35NO6/c1-13(2)9-14(11-20-17(23)26-19(6,7)8)10-15(21)24-12-25-16(22)18(3,4)5/h13-14H,9-12H2,1-8H3,(H,20,23)/t14-/m0/s1. The lowest BCUT2D eigenvalue weighted by molar-refractivity contribution is -0.173. The first kappa shape index (κ1) is 24.2. The molecule has 152 valence electrons. The molecule has 0 aromatic heterocycles. The van der Waals surface area contributed by atoms with E-state index < -0.39 is 35.8 Å². The maximum Gasteiger partial charge on any atom is 0.407 e. The third-order valence-electron chi connectivity index (χ3n) is 3.22. The van der Waals surface area contributed by atoms with Crippen molar-refractivity contribution in [1.29, 1.82) is 0 Å². The van der Waals surface area contributed by atoms with E-state index in [4.69, 9.17) is 14.2 Å². The van der Waals surface area contributed by atoms with E-state index in [9.17, 15) is 14.4 Å². The normalized spacial score (nSPS) is 13.1. The highest BCUT2D eigenvalue weighted by Gasteiger charge is 2.24. The van der Waals surface area contributed by atoms with Gasteiger partial charge in [-0.05, 0) is 59.8 Å². The van der Waals surface area contributed by atoms with Crippen molar-refractivity contribution < 1.29 is 28.6 Å². The maximum atomic E-state index is 12.0. The molecule has 0 aliphatic heterocycles. The second-order valence-electron chi connectivity index (χ2n) is 8.90. The average Bonchev–Trinajstić information content (AvgIpc) is 2.41. The van der Waals surface area contributed by atoms with Gasteiger partial charge in [0.05, 0.1) is 11.8 Å². The number of ether oxygens (including phenoxy) is 3. The van der Waals surface area contributed by atoms with Crippen molar-refractivity contribution in [2.45, 2.75) is 73.8 Å². The fourth-order valence-electron chi connectivity index (χ4n) is 2.11. The fourth-order valence-corrected chi connectivity index (χ4v) is 2.11. The smallest absolute Gasteiger partial charge is 0.407 e. The van der Waals surface area contributed by atoms with Gasteiger partial charge in [-0.3, -0.25) is 9.59 Å². The summed E-state index contributed by atoms with van der Waals surface area (Å²) in [5.74, 6) is -0.640. The van der Waals surface area contributed by atoms with Gasteiger partial charge in [-0.15, -0.1) is 0 Å². The molecule has 7 nitrogen and oxygen atoms in total. The zero-order valence-corrected chi connectivity index (χ0v) is 17.4. The molecule has 0 rings (SSSR count). The third kappa shape index (κ3) is 12.6. The largest absolute Gasteiger partial charge is 0.444 e. The molecule has 0 aliphatic carbocycles. The minimum Gasteiger partial charge on any atom is -0.444 e. The molecule has 0 saturated carbocycles. The van der Waals surface area contributed by atoms with Gasteiger partial charge in [0.15, 0.2) is 0 Å². The van der Waals surface area contributed by atoms with E-state index in [1.54, 1.807) is 41.5 Å². The van der Waals surface area contributed by atoms with E-state index in [1.165, 1.54) is 0 Å². The topological polar surface area (TPSA) is 90.9 Å².